The van der Waals surface area contributed by atoms with Gasteiger partial charge in [-0.2, -0.15) is 0 Å². The molecule has 0 heterocycles. The lowest BCUT2D eigenvalue weighted by atomic mass is 10.1. The Labute approximate surface area is 120 Å². The number of anilines is 2. The van der Waals surface area contributed by atoms with Crippen molar-refractivity contribution in [3.63, 3.8) is 0 Å². The van der Waals surface area contributed by atoms with E-state index in [1.807, 2.05) is 37.2 Å². The average molecular weight is 275 g/mol. The fraction of sp³-hybridized carbons (Fsp3) is 0.250. The summed E-state index contributed by atoms with van der Waals surface area (Å²) < 4.78 is 0. The number of rotatable bonds is 5. The van der Waals surface area contributed by atoms with Crippen molar-refractivity contribution in [2.75, 3.05) is 30.9 Å². The van der Waals surface area contributed by atoms with Gasteiger partial charge in [-0.1, -0.05) is 48.0 Å². The Balaban J connectivity index is 2.02. The van der Waals surface area contributed by atoms with Gasteiger partial charge in [-0.25, -0.2) is 0 Å². The lowest BCUT2D eigenvalue weighted by Gasteiger charge is -2.20. The first-order chi connectivity index (χ1) is 9.18. The number of nitrogens with one attached hydrogen (secondary N) is 1. The lowest BCUT2D eigenvalue weighted by Crippen LogP contribution is -2.14. The molecule has 0 bridgehead atoms. The van der Waals surface area contributed by atoms with E-state index in [9.17, 15) is 0 Å². The summed E-state index contributed by atoms with van der Waals surface area (Å²) in [5.41, 5.74) is 3.45. The molecule has 0 radical (unpaired) electrons. The van der Waals surface area contributed by atoms with Gasteiger partial charge in [-0.3, -0.25) is 0 Å². The highest BCUT2D eigenvalue weighted by Crippen LogP contribution is 2.32. The van der Waals surface area contributed by atoms with Crippen LogP contribution in [0.1, 0.15) is 5.56 Å². The Morgan fingerprint density at radius 1 is 1.00 bits per heavy atom. The molecule has 0 amide bonds. The first kappa shape index (κ1) is 13.8. The van der Waals surface area contributed by atoms with Gasteiger partial charge in [0.2, 0.25) is 0 Å². The Morgan fingerprint density at radius 3 is 2.42 bits per heavy atom. The van der Waals surface area contributed by atoms with Crippen LogP contribution in [-0.2, 0) is 6.42 Å². The quantitative estimate of drug-likeness (QED) is 0.884. The van der Waals surface area contributed by atoms with Crippen LogP contribution in [0, 0.1) is 0 Å². The fourth-order valence-corrected chi connectivity index (χ4v) is 2.44. The predicted molar refractivity (Wildman–Crippen MR) is 84.4 cm³/mol. The van der Waals surface area contributed by atoms with Crippen LogP contribution in [0.2, 0.25) is 5.02 Å². The summed E-state index contributed by atoms with van der Waals surface area (Å²) in [6.07, 6.45) is 1.00. The van der Waals surface area contributed by atoms with Gasteiger partial charge >= 0.3 is 0 Å². The van der Waals surface area contributed by atoms with E-state index >= 15 is 0 Å². The van der Waals surface area contributed by atoms with E-state index in [2.05, 4.69) is 35.6 Å². The molecule has 3 heteroatoms. The van der Waals surface area contributed by atoms with Crippen LogP contribution in [0.5, 0.6) is 0 Å². The maximum absolute atomic E-state index is 6.24. The van der Waals surface area contributed by atoms with Gasteiger partial charge in [0.05, 0.1) is 16.4 Å². The summed E-state index contributed by atoms with van der Waals surface area (Å²) in [5.74, 6) is 0. The fourth-order valence-electron chi connectivity index (χ4n) is 2.10. The molecular weight excluding hydrogens is 256 g/mol. The second kappa shape index (κ2) is 6.48. The molecule has 2 rings (SSSR count). The molecule has 0 aromatic heterocycles. The zero-order valence-electron chi connectivity index (χ0n) is 11.4. The molecule has 0 atom stereocenters. The van der Waals surface area contributed by atoms with Crippen molar-refractivity contribution in [3.05, 3.63) is 59.1 Å². The molecule has 0 unspecified atom stereocenters. The third kappa shape index (κ3) is 3.65. The summed E-state index contributed by atoms with van der Waals surface area (Å²) in [4.78, 5) is 2.03. The van der Waals surface area contributed by atoms with E-state index in [0.29, 0.717) is 0 Å². The van der Waals surface area contributed by atoms with Crippen LogP contribution in [-0.4, -0.2) is 20.6 Å². The molecule has 2 aromatic rings. The van der Waals surface area contributed by atoms with Gasteiger partial charge < -0.3 is 10.2 Å². The third-order valence-corrected chi connectivity index (χ3v) is 3.31. The predicted octanol–water partition coefficient (Wildman–Crippen LogP) is 4.06. The molecule has 0 aliphatic heterocycles. The van der Waals surface area contributed by atoms with E-state index in [1.54, 1.807) is 0 Å². The first-order valence-electron chi connectivity index (χ1n) is 6.42. The molecule has 0 fully saturated rings. The van der Waals surface area contributed by atoms with Crippen LogP contribution < -0.4 is 10.2 Å². The highest BCUT2D eigenvalue weighted by molar-refractivity contribution is 6.34. The second-order valence-electron chi connectivity index (χ2n) is 4.69. The maximum atomic E-state index is 6.24. The van der Waals surface area contributed by atoms with E-state index in [-0.39, 0.29) is 0 Å². The monoisotopic (exact) mass is 274 g/mol. The topological polar surface area (TPSA) is 15.3 Å². The molecule has 1 N–H and O–H groups in total. The second-order valence-corrected chi connectivity index (χ2v) is 5.10. The van der Waals surface area contributed by atoms with Gasteiger partial charge in [-0.05, 0) is 24.1 Å². The van der Waals surface area contributed by atoms with Crippen molar-refractivity contribution in [2.45, 2.75) is 6.42 Å². The number of nitrogens with zero attached hydrogens (tertiary/aromatic N) is 1. The smallest absolute Gasteiger partial charge is 0.0786 e. The van der Waals surface area contributed by atoms with Crippen LogP contribution in [0.4, 0.5) is 11.4 Å². The lowest BCUT2D eigenvalue weighted by molar-refractivity contribution is 1.01. The summed E-state index contributed by atoms with van der Waals surface area (Å²) in [7, 11) is 4.01. The normalized spacial score (nSPS) is 10.3. The van der Waals surface area contributed by atoms with Gasteiger partial charge in [0.1, 0.15) is 0 Å². The van der Waals surface area contributed by atoms with Crippen LogP contribution in [0.25, 0.3) is 0 Å². The minimum atomic E-state index is 0.773. The van der Waals surface area contributed by atoms with E-state index in [1.165, 1.54) is 5.56 Å². The van der Waals surface area contributed by atoms with E-state index in [0.717, 1.165) is 29.4 Å². The summed E-state index contributed by atoms with van der Waals surface area (Å²) in [6, 6.07) is 16.4. The van der Waals surface area contributed by atoms with Crippen molar-refractivity contribution < 1.29 is 0 Å². The van der Waals surface area contributed by atoms with Gasteiger partial charge in [0, 0.05) is 20.6 Å². The summed E-state index contributed by atoms with van der Waals surface area (Å²) in [5, 5.41) is 4.23. The van der Waals surface area contributed by atoms with Crippen molar-refractivity contribution in [1.29, 1.82) is 0 Å². The summed E-state index contributed by atoms with van der Waals surface area (Å²) in [6.45, 7) is 0.894. The average Bonchev–Trinajstić information content (AvgIpc) is 2.39. The highest BCUT2D eigenvalue weighted by atomic mass is 35.5. The van der Waals surface area contributed by atoms with Gasteiger partial charge in [-0.15, -0.1) is 0 Å². The Morgan fingerprint density at radius 2 is 1.74 bits per heavy atom. The van der Waals surface area contributed by atoms with Crippen molar-refractivity contribution in [1.82, 2.24) is 0 Å². The summed E-state index contributed by atoms with van der Waals surface area (Å²) >= 11 is 6.24. The largest absolute Gasteiger partial charge is 0.383 e. The molecule has 2 nitrogen and oxygen atoms in total. The molecule has 0 aliphatic carbocycles. The van der Waals surface area contributed by atoms with Crippen LogP contribution >= 0.6 is 11.6 Å². The zero-order valence-corrected chi connectivity index (χ0v) is 12.1. The van der Waals surface area contributed by atoms with E-state index < -0.39 is 0 Å². The van der Waals surface area contributed by atoms with Crippen LogP contribution in [0.3, 0.4) is 0 Å². The number of benzene rings is 2. The molecule has 0 saturated heterocycles. The first-order valence-corrected chi connectivity index (χ1v) is 6.80. The number of hydrogen-bond acceptors (Lipinski definition) is 2. The Hall–Kier alpha value is -1.67. The zero-order chi connectivity index (χ0) is 13.7. The van der Waals surface area contributed by atoms with E-state index in [4.69, 9.17) is 11.6 Å². The SMILES string of the molecule is CN(C)c1c(Cl)cccc1NCCc1ccccc1. The highest BCUT2D eigenvalue weighted by Gasteiger charge is 2.08. The maximum Gasteiger partial charge on any atom is 0.0786 e. The molecular formula is C16H19ClN2. The molecule has 0 aliphatic rings. The number of para-hydroxylation sites is 1. The number of halogens is 1. The molecule has 0 saturated carbocycles. The van der Waals surface area contributed by atoms with Crippen LogP contribution in [0.15, 0.2) is 48.5 Å². The Bertz CT molecular complexity index is 524. The minimum Gasteiger partial charge on any atom is -0.383 e. The number of hydrogen-bond donors (Lipinski definition) is 1. The molecule has 100 valence electrons. The molecule has 2 aromatic carbocycles. The van der Waals surface area contributed by atoms with Gasteiger partial charge in [0.25, 0.3) is 0 Å². The molecule has 19 heavy (non-hydrogen) atoms. The third-order valence-electron chi connectivity index (χ3n) is 3.01. The standard InChI is InChI=1S/C16H19ClN2/c1-19(2)16-14(17)9-6-10-15(16)18-12-11-13-7-4-3-5-8-13/h3-10,18H,11-12H2,1-2H3. The van der Waals surface area contributed by atoms with Crippen molar-refractivity contribution in [2.24, 2.45) is 0 Å². The van der Waals surface area contributed by atoms with Gasteiger partial charge in [0.15, 0.2) is 0 Å². The molecule has 0 spiro atoms. The van der Waals surface area contributed by atoms with Crippen molar-refractivity contribution in [3.8, 4) is 0 Å². The van der Waals surface area contributed by atoms with Crippen molar-refractivity contribution >= 4 is 23.0 Å². The Kier molecular flexibility index (Phi) is 4.69. The minimum absolute atomic E-state index is 0.773.